The Morgan fingerprint density at radius 2 is 1.95 bits per heavy atom. The second-order valence-electron chi connectivity index (χ2n) is 4.15. The molecule has 0 aliphatic carbocycles. The van der Waals surface area contributed by atoms with E-state index < -0.39 is 0 Å². The molecule has 0 fully saturated rings. The zero-order valence-corrected chi connectivity index (χ0v) is 11.7. The number of para-hydroxylation sites is 1. The van der Waals surface area contributed by atoms with Crippen LogP contribution in [0.2, 0.25) is 0 Å². The maximum atomic E-state index is 12.2. The number of benzene rings is 1. The molecule has 21 heavy (non-hydrogen) atoms. The van der Waals surface area contributed by atoms with Crippen LogP contribution >= 0.6 is 0 Å². The lowest BCUT2D eigenvalue weighted by molar-refractivity contribution is -0.142. The summed E-state index contributed by atoms with van der Waals surface area (Å²) in [5, 5.41) is 10.7. The van der Waals surface area contributed by atoms with Gasteiger partial charge in [-0.25, -0.2) is 0 Å². The predicted octanol–water partition coefficient (Wildman–Crippen LogP) is 0.950. The zero-order chi connectivity index (χ0) is 15.1. The van der Waals surface area contributed by atoms with Crippen LogP contribution in [0.5, 0.6) is 0 Å². The van der Waals surface area contributed by atoms with Gasteiger partial charge in [-0.15, -0.1) is 0 Å². The molecule has 110 valence electrons. The average Bonchev–Trinajstić information content (AvgIpc) is 3.01. The summed E-state index contributed by atoms with van der Waals surface area (Å²) in [7, 11) is 0. The summed E-state index contributed by atoms with van der Waals surface area (Å²) in [6.07, 6.45) is 3.21. The summed E-state index contributed by atoms with van der Waals surface area (Å²) in [5.74, 6) is -0.618. The summed E-state index contributed by atoms with van der Waals surface area (Å²) in [6, 6.07) is 6.99. The van der Waals surface area contributed by atoms with Crippen LogP contribution in [0, 0.1) is 0 Å². The number of carbonyl (C=O) groups is 2. The van der Waals surface area contributed by atoms with Gasteiger partial charge in [0.2, 0.25) is 0 Å². The molecular weight excluding hydrogens is 272 g/mol. The molecule has 0 unspecified atom stereocenters. The van der Waals surface area contributed by atoms with Crippen LogP contribution in [0.15, 0.2) is 36.7 Å². The third kappa shape index (κ3) is 3.88. The molecule has 2 rings (SSSR count). The number of ether oxygens (including phenoxy) is 1. The summed E-state index contributed by atoms with van der Waals surface area (Å²) in [6.45, 7) is 2.29. The molecular formula is C14H16N4O3. The van der Waals surface area contributed by atoms with Gasteiger partial charge in [0.25, 0.3) is 5.91 Å². The first-order valence-corrected chi connectivity index (χ1v) is 6.62. The van der Waals surface area contributed by atoms with Crippen LogP contribution in [0.3, 0.4) is 0 Å². The maximum absolute atomic E-state index is 12.2. The van der Waals surface area contributed by atoms with Crippen molar-refractivity contribution in [3.05, 3.63) is 42.2 Å². The molecule has 7 nitrogen and oxygen atoms in total. The van der Waals surface area contributed by atoms with Gasteiger partial charge in [-0.05, 0) is 19.1 Å². The van der Waals surface area contributed by atoms with Gasteiger partial charge in [0.15, 0.2) is 0 Å². The fourth-order valence-electron chi connectivity index (χ4n) is 1.79. The fourth-order valence-corrected chi connectivity index (χ4v) is 1.79. The van der Waals surface area contributed by atoms with E-state index in [0.29, 0.717) is 17.9 Å². The molecule has 0 spiro atoms. The van der Waals surface area contributed by atoms with Crippen molar-refractivity contribution in [2.75, 3.05) is 13.2 Å². The molecule has 1 amide bonds. The van der Waals surface area contributed by atoms with Gasteiger partial charge < -0.3 is 10.1 Å². The van der Waals surface area contributed by atoms with Crippen molar-refractivity contribution in [2.45, 2.75) is 13.3 Å². The fraction of sp³-hybridized carbons (Fsp3) is 0.286. The summed E-state index contributed by atoms with van der Waals surface area (Å²) >= 11 is 0. The Morgan fingerprint density at radius 3 is 2.67 bits per heavy atom. The van der Waals surface area contributed by atoms with E-state index in [0.717, 1.165) is 0 Å². The molecule has 0 saturated heterocycles. The molecule has 7 heteroatoms. The first-order chi connectivity index (χ1) is 10.2. The zero-order valence-electron chi connectivity index (χ0n) is 11.7. The minimum absolute atomic E-state index is 0.141. The lowest BCUT2D eigenvalue weighted by Crippen LogP contribution is -2.27. The van der Waals surface area contributed by atoms with Gasteiger partial charge in [-0.1, -0.05) is 12.1 Å². The molecule has 0 radical (unpaired) electrons. The quantitative estimate of drug-likeness (QED) is 0.800. The third-order valence-corrected chi connectivity index (χ3v) is 2.70. The Labute approximate surface area is 121 Å². The van der Waals surface area contributed by atoms with E-state index in [-0.39, 0.29) is 24.8 Å². The highest BCUT2D eigenvalue weighted by Gasteiger charge is 2.13. The maximum Gasteiger partial charge on any atom is 0.307 e. The number of nitrogens with one attached hydrogen (secondary N) is 1. The first kappa shape index (κ1) is 14.7. The molecule has 1 aromatic heterocycles. The molecule has 1 heterocycles. The van der Waals surface area contributed by atoms with E-state index in [4.69, 9.17) is 4.74 Å². The lowest BCUT2D eigenvalue weighted by Gasteiger charge is -2.09. The number of hydrogen-bond donors (Lipinski definition) is 1. The van der Waals surface area contributed by atoms with Crippen molar-refractivity contribution in [2.24, 2.45) is 0 Å². The van der Waals surface area contributed by atoms with Crippen LogP contribution in [0.4, 0.5) is 0 Å². The van der Waals surface area contributed by atoms with E-state index in [1.807, 2.05) is 0 Å². The number of aromatic nitrogens is 3. The van der Waals surface area contributed by atoms with Crippen molar-refractivity contribution >= 4 is 11.9 Å². The van der Waals surface area contributed by atoms with Crippen molar-refractivity contribution < 1.29 is 14.3 Å². The second kappa shape index (κ2) is 7.18. The van der Waals surface area contributed by atoms with Crippen molar-refractivity contribution in [3.8, 4) is 5.69 Å². The van der Waals surface area contributed by atoms with Crippen LogP contribution in [-0.4, -0.2) is 40.0 Å². The van der Waals surface area contributed by atoms with E-state index in [2.05, 4.69) is 15.5 Å². The second-order valence-corrected chi connectivity index (χ2v) is 4.15. The van der Waals surface area contributed by atoms with Gasteiger partial charge >= 0.3 is 5.97 Å². The number of amides is 1. The van der Waals surface area contributed by atoms with Crippen molar-refractivity contribution in [1.82, 2.24) is 20.3 Å². The molecule has 0 atom stereocenters. The molecule has 0 aliphatic heterocycles. The van der Waals surface area contributed by atoms with Gasteiger partial charge in [-0.3, -0.25) is 9.59 Å². The minimum atomic E-state index is -0.333. The van der Waals surface area contributed by atoms with Gasteiger partial charge in [-0.2, -0.15) is 15.0 Å². The Bertz CT molecular complexity index is 610. The van der Waals surface area contributed by atoms with E-state index >= 15 is 0 Å². The Morgan fingerprint density at radius 1 is 1.24 bits per heavy atom. The van der Waals surface area contributed by atoms with Gasteiger partial charge in [0.1, 0.15) is 0 Å². The number of carbonyl (C=O) groups excluding carboxylic acids is 2. The van der Waals surface area contributed by atoms with Crippen LogP contribution in [0.1, 0.15) is 23.7 Å². The SMILES string of the molecule is CCOC(=O)CCNC(=O)c1ccccc1-n1nccn1. The number of hydrogen-bond acceptors (Lipinski definition) is 5. The highest BCUT2D eigenvalue weighted by Crippen LogP contribution is 2.11. The third-order valence-electron chi connectivity index (χ3n) is 2.70. The highest BCUT2D eigenvalue weighted by molar-refractivity contribution is 5.97. The Kier molecular flexibility index (Phi) is 5.03. The lowest BCUT2D eigenvalue weighted by atomic mass is 10.1. The molecule has 1 aromatic carbocycles. The molecule has 0 bridgehead atoms. The first-order valence-electron chi connectivity index (χ1n) is 6.62. The summed E-state index contributed by atoms with van der Waals surface area (Å²) < 4.78 is 4.80. The minimum Gasteiger partial charge on any atom is -0.466 e. The monoisotopic (exact) mass is 288 g/mol. The van der Waals surface area contributed by atoms with Crippen LogP contribution < -0.4 is 5.32 Å². The highest BCUT2D eigenvalue weighted by atomic mass is 16.5. The summed E-state index contributed by atoms with van der Waals surface area (Å²) in [4.78, 5) is 24.8. The van der Waals surface area contributed by atoms with Crippen molar-refractivity contribution in [1.29, 1.82) is 0 Å². The van der Waals surface area contributed by atoms with Crippen molar-refractivity contribution in [3.63, 3.8) is 0 Å². The van der Waals surface area contributed by atoms with Crippen LogP contribution in [0.25, 0.3) is 5.69 Å². The average molecular weight is 288 g/mol. The van der Waals surface area contributed by atoms with Crippen LogP contribution in [-0.2, 0) is 9.53 Å². The standard InChI is InChI=1S/C14H16N4O3/c1-2-21-13(19)7-8-15-14(20)11-5-3-4-6-12(11)18-16-9-10-17-18/h3-6,9-10H,2,7-8H2,1H3,(H,15,20). The number of rotatable bonds is 6. The normalized spacial score (nSPS) is 10.1. The Balaban J connectivity index is 2.02. The van der Waals surface area contributed by atoms with E-state index in [1.165, 1.54) is 17.2 Å². The largest absolute Gasteiger partial charge is 0.466 e. The van der Waals surface area contributed by atoms with Gasteiger partial charge in [0.05, 0.1) is 36.7 Å². The number of esters is 1. The smallest absolute Gasteiger partial charge is 0.307 e. The molecule has 0 saturated carbocycles. The van der Waals surface area contributed by atoms with E-state index in [1.54, 1.807) is 31.2 Å². The number of nitrogens with zero attached hydrogens (tertiary/aromatic N) is 3. The predicted molar refractivity (Wildman–Crippen MR) is 74.9 cm³/mol. The molecule has 0 aliphatic rings. The Hall–Kier alpha value is -2.70. The topological polar surface area (TPSA) is 86.1 Å². The molecule has 1 N–H and O–H groups in total. The molecule has 2 aromatic rings. The van der Waals surface area contributed by atoms with E-state index in [9.17, 15) is 9.59 Å². The summed E-state index contributed by atoms with van der Waals surface area (Å²) in [5.41, 5.74) is 1.02. The van der Waals surface area contributed by atoms with Gasteiger partial charge in [0, 0.05) is 6.54 Å².